The molecule has 0 saturated carbocycles. The molecule has 0 bridgehead atoms. The number of carbonyl (C=O) groups excluding carboxylic acids is 1. The Bertz CT molecular complexity index is 1160. The minimum atomic E-state index is -3.82. The van der Waals surface area contributed by atoms with E-state index in [4.69, 9.17) is 4.74 Å². The number of amides is 1. The van der Waals surface area contributed by atoms with E-state index in [0.717, 1.165) is 16.9 Å². The number of ether oxygens (including phenoxy) is 1. The predicted molar refractivity (Wildman–Crippen MR) is 122 cm³/mol. The standard InChI is InChI=1S/C24H26N2O4S/c1-17-12-14-20(15-13-17)31(28,29)26-22-10-6-5-9-21(22)24(27)25-19(3)16-30-23-11-7-4-8-18(23)2/h4-15,19,26H,16H2,1-3H3,(H,25,27). The van der Waals surface area contributed by atoms with Gasteiger partial charge in [-0.1, -0.05) is 48.0 Å². The second-order valence-corrected chi connectivity index (χ2v) is 9.10. The van der Waals surface area contributed by atoms with Gasteiger partial charge in [0.15, 0.2) is 0 Å². The lowest BCUT2D eigenvalue weighted by Gasteiger charge is -2.18. The first-order valence-corrected chi connectivity index (χ1v) is 11.4. The van der Waals surface area contributed by atoms with Gasteiger partial charge in [-0.2, -0.15) is 0 Å². The number of para-hydroxylation sites is 2. The van der Waals surface area contributed by atoms with Crippen LogP contribution in [0.4, 0.5) is 5.69 Å². The number of aryl methyl sites for hydroxylation is 2. The summed E-state index contributed by atoms with van der Waals surface area (Å²) in [4.78, 5) is 13.0. The zero-order valence-electron chi connectivity index (χ0n) is 17.8. The summed E-state index contributed by atoms with van der Waals surface area (Å²) in [6, 6.07) is 20.4. The molecule has 0 heterocycles. The van der Waals surface area contributed by atoms with Crippen LogP contribution in [0.3, 0.4) is 0 Å². The Morgan fingerprint density at radius 2 is 1.58 bits per heavy atom. The molecule has 3 rings (SSSR count). The molecule has 7 heteroatoms. The summed E-state index contributed by atoms with van der Waals surface area (Å²) in [5.74, 6) is 0.373. The van der Waals surface area contributed by atoms with E-state index < -0.39 is 10.0 Å². The molecule has 0 aromatic heterocycles. The predicted octanol–water partition coefficient (Wildman–Crippen LogP) is 4.30. The second kappa shape index (κ2) is 9.66. The number of anilines is 1. The Hall–Kier alpha value is -3.32. The zero-order chi connectivity index (χ0) is 22.4. The van der Waals surface area contributed by atoms with Crippen molar-refractivity contribution in [2.45, 2.75) is 31.7 Å². The van der Waals surface area contributed by atoms with Crippen molar-refractivity contribution < 1.29 is 17.9 Å². The van der Waals surface area contributed by atoms with E-state index >= 15 is 0 Å². The van der Waals surface area contributed by atoms with Crippen molar-refractivity contribution in [3.8, 4) is 5.75 Å². The fourth-order valence-corrected chi connectivity index (χ4v) is 4.05. The summed E-state index contributed by atoms with van der Waals surface area (Å²) < 4.78 is 33.8. The summed E-state index contributed by atoms with van der Waals surface area (Å²) in [5.41, 5.74) is 2.42. The van der Waals surface area contributed by atoms with Crippen molar-refractivity contribution in [3.05, 3.63) is 89.5 Å². The molecule has 0 aliphatic heterocycles. The molecule has 0 aliphatic rings. The third-order valence-corrected chi connectivity index (χ3v) is 6.09. The Balaban J connectivity index is 1.69. The molecule has 162 valence electrons. The first-order chi connectivity index (χ1) is 14.8. The number of hydrogen-bond acceptors (Lipinski definition) is 4. The minimum Gasteiger partial charge on any atom is -0.491 e. The molecule has 0 radical (unpaired) electrons. The van der Waals surface area contributed by atoms with Gasteiger partial charge in [0.05, 0.1) is 22.2 Å². The van der Waals surface area contributed by atoms with Gasteiger partial charge in [-0.25, -0.2) is 8.42 Å². The van der Waals surface area contributed by atoms with E-state index in [1.54, 1.807) is 36.4 Å². The van der Waals surface area contributed by atoms with Gasteiger partial charge in [-0.3, -0.25) is 9.52 Å². The lowest BCUT2D eigenvalue weighted by molar-refractivity contribution is 0.0927. The number of hydrogen-bond donors (Lipinski definition) is 2. The van der Waals surface area contributed by atoms with Gasteiger partial charge in [0, 0.05) is 0 Å². The third-order valence-electron chi connectivity index (χ3n) is 4.71. The number of rotatable bonds is 8. The molecule has 1 atom stereocenters. The van der Waals surface area contributed by atoms with Crippen LogP contribution >= 0.6 is 0 Å². The van der Waals surface area contributed by atoms with Crippen molar-refractivity contribution >= 4 is 21.6 Å². The number of carbonyl (C=O) groups is 1. The van der Waals surface area contributed by atoms with Gasteiger partial charge < -0.3 is 10.1 Å². The third kappa shape index (κ3) is 5.86. The van der Waals surface area contributed by atoms with Crippen molar-refractivity contribution in [2.24, 2.45) is 0 Å². The molecular weight excluding hydrogens is 412 g/mol. The highest BCUT2D eigenvalue weighted by atomic mass is 32.2. The van der Waals surface area contributed by atoms with Gasteiger partial charge in [0.25, 0.3) is 15.9 Å². The lowest BCUT2D eigenvalue weighted by atomic mass is 10.1. The first kappa shape index (κ1) is 22.4. The molecule has 0 spiro atoms. The number of nitrogens with one attached hydrogen (secondary N) is 2. The van der Waals surface area contributed by atoms with Crippen LogP contribution in [0, 0.1) is 13.8 Å². The van der Waals surface area contributed by atoms with Crippen LogP contribution in [-0.2, 0) is 10.0 Å². The van der Waals surface area contributed by atoms with E-state index in [2.05, 4.69) is 10.0 Å². The molecule has 0 aliphatic carbocycles. The molecule has 3 aromatic carbocycles. The monoisotopic (exact) mass is 438 g/mol. The maximum Gasteiger partial charge on any atom is 0.261 e. The van der Waals surface area contributed by atoms with E-state index in [0.29, 0.717) is 0 Å². The topological polar surface area (TPSA) is 84.5 Å². The first-order valence-electron chi connectivity index (χ1n) is 9.94. The van der Waals surface area contributed by atoms with Crippen molar-refractivity contribution in [1.29, 1.82) is 0 Å². The van der Waals surface area contributed by atoms with Crippen LogP contribution in [0.25, 0.3) is 0 Å². The Labute approximate surface area is 183 Å². The van der Waals surface area contributed by atoms with Gasteiger partial charge >= 0.3 is 0 Å². The molecule has 2 N–H and O–H groups in total. The van der Waals surface area contributed by atoms with Crippen molar-refractivity contribution in [2.75, 3.05) is 11.3 Å². The van der Waals surface area contributed by atoms with Gasteiger partial charge in [-0.15, -0.1) is 0 Å². The quantitative estimate of drug-likeness (QED) is 0.549. The van der Waals surface area contributed by atoms with E-state index in [1.165, 1.54) is 12.1 Å². The summed E-state index contributed by atoms with van der Waals surface area (Å²) in [5, 5.41) is 2.86. The lowest BCUT2D eigenvalue weighted by Crippen LogP contribution is -2.37. The summed E-state index contributed by atoms with van der Waals surface area (Å²) >= 11 is 0. The van der Waals surface area contributed by atoms with Gasteiger partial charge in [0.1, 0.15) is 12.4 Å². The van der Waals surface area contributed by atoms with E-state index in [-0.39, 0.29) is 34.7 Å². The Kier molecular flexibility index (Phi) is 6.97. The maximum absolute atomic E-state index is 12.8. The second-order valence-electron chi connectivity index (χ2n) is 7.42. The molecule has 6 nitrogen and oxygen atoms in total. The largest absolute Gasteiger partial charge is 0.491 e. The molecule has 0 fully saturated rings. The fraction of sp³-hybridized carbons (Fsp3) is 0.208. The summed E-state index contributed by atoms with van der Waals surface area (Å²) in [6.45, 7) is 5.95. The highest BCUT2D eigenvalue weighted by Crippen LogP contribution is 2.21. The minimum absolute atomic E-state index is 0.133. The average Bonchev–Trinajstić information content (AvgIpc) is 2.73. The van der Waals surface area contributed by atoms with Gasteiger partial charge in [0.2, 0.25) is 0 Å². The normalized spacial score (nSPS) is 12.1. The maximum atomic E-state index is 12.8. The summed E-state index contributed by atoms with van der Waals surface area (Å²) in [6.07, 6.45) is 0. The van der Waals surface area contributed by atoms with Crippen LogP contribution in [-0.4, -0.2) is 27.0 Å². The smallest absolute Gasteiger partial charge is 0.261 e. The number of benzene rings is 3. The fourth-order valence-electron chi connectivity index (χ4n) is 2.97. The molecule has 31 heavy (non-hydrogen) atoms. The summed E-state index contributed by atoms with van der Waals surface area (Å²) in [7, 11) is -3.82. The van der Waals surface area contributed by atoms with Crippen molar-refractivity contribution in [3.63, 3.8) is 0 Å². The van der Waals surface area contributed by atoms with Crippen LogP contribution in [0.1, 0.15) is 28.4 Å². The van der Waals surface area contributed by atoms with Crippen LogP contribution < -0.4 is 14.8 Å². The van der Waals surface area contributed by atoms with E-state index in [1.807, 2.05) is 45.0 Å². The van der Waals surface area contributed by atoms with E-state index in [9.17, 15) is 13.2 Å². The van der Waals surface area contributed by atoms with Crippen LogP contribution in [0.5, 0.6) is 5.75 Å². The molecule has 3 aromatic rings. The number of sulfonamides is 1. The Morgan fingerprint density at radius 1 is 0.935 bits per heavy atom. The Morgan fingerprint density at radius 3 is 2.29 bits per heavy atom. The SMILES string of the molecule is Cc1ccc(S(=O)(=O)Nc2ccccc2C(=O)NC(C)COc2ccccc2C)cc1. The molecule has 1 unspecified atom stereocenters. The van der Waals surface area contributed by atoms with Crippen LogP contribution in [0.2, 0.25) is 0 Å². The average molecular weight is 439 g/mol. The zero-order valence-corrected chi connectivity index (χ0v) is 18.6. The molecule has 0 saturated heterocycles. The molecular formula is C24H26N2O4S. The van der Waals surface area contributed by atoms with Gasteiger partial charge in [-0.05, 0) is 56.7 Å². The molecule has 1 amide bonds. The highest BCUT2D eigenvalue weighted by Gasteiger charge is 2.19. The highest BCUT2D eigenvalue weighted by molar-refractivity contribution is 7.92. The van der Waals surface area contributed by atoms with Crippen molar-refractivity contribution in [1.82, 2.24) is 5.32 Å². The van der Waals surface area contributed by atoms with Crippen LogP contribution in [0.15, 0.2) is 77.7 Å².